The van der Waals surface area contributed by atoms with Gasteiger partial charge >= 0.3 is 0 Å². The van der Waals surface area contributed by atoms with Crippen LogP contribution in [0.5, 0.6) is 0 Å². The molecule has 1 amide bonds. The topological polar surface area (TPSA) is 78.5 Å². The molecule has 27 heavy (non-hydrogen) atoms. The standard InChI is InChI=1S/C19H27N3O3S.ClH/c23-19(22-12-11-15-4-7-17(13-22)20-15)10-3-14-1-8-18(9-2-14)26(24,25)21-16-5-6-16;/h1-2,8-9,15-17,20-21H,3-7,10-13H2;1H. The summed E-state index contributed by atoms with van der Waals surface area (Å²) in [5, 5.41) is 3.59. The lowest BCUT2D eigenvalue weighted by atomic mass is 10.1. The monoisotopic (exact) mass is 413 g/mol. The molecule has 0 spiro atoms. The molecule has 2 atom stereocenters. The summed E-state index contributed by atoms with van der Waals surface area (Å²) in [6, 6.07) is 8.06. The molecule has 2 saturated heterocycles. The molecule has 6 nitrogen and oxygen atoms in total. The molecule has 2 bridgehead atoms. The lowest BCUT2D eigenvalue weighted by molar-refractivity contribution is -0.131. The Hall–Kier alpha value is -1.15. The number of sulfonamides is 1. The quantitative estimate of drug-likeness (QED) is 0.745. The molecule has 1 aromatic rings. The summed E-state index contributed by atoms with van der Waals surface area (Å²) in [5.74, 6) is 0.200. The van der Waals surface area contributed by atoms with Crippen molar-refractivity contribution in [3.05, 3.63) is 29.8 Å². The van der Waals surface area contributed by atoms with Crippen LogP contribution >= 0.6 is 12.4 Å². The van der Waals surface area contributed by atoms with Crippen LogP contribution in [0.25, 0.3) is 0 Å². The Morgan fingerprint density at radius 2 is 1.78 bits per heavy atom. The van der Waals surface area contributed by atoms with E-state index in [9.17, 15) is 13.2 Å². The maximum absolute atomic E-state index is 12.5. The molecule has 4 rings (SSSR count). The van der Waals surface area contributed by atoms with Gasteiger partial charge in [-0.05, 0) is 56.2 Å². The van der Waals surface area contributed by atoms with Gasteiger partial charge in [-0.3, -0.25) is 4.79 Å². The van der Waals surface area contributed by atoms with Crippen molar-refractivity contribution >= 4 is 28.3 Å². The average Bonchev–Trinajstić information content (AvgIpc) is 3.34. The molecule has 0 aromatic heterocycles. The van der Waals surface area contributed by atoms with Crippen LogP contribution in [-0.4, -0.2) is 50.4 Å². The Balaban J connectivity index is 0.00000210. The number of hydrogen-bond acceptors (Lipinski definition) is 4. The number of benzene rings is 1. The van der Waals surface area contributed by atoms with Crippen molar-refractivity contribution in [2.75, 3.05) is 13.1 Å². The number of amides is 1. The zero-order chi connectivity index (χ0) is 18.1. The van der Waals surface area contributed by atoms with Crippen LogP contribution in [0.2, 0.25) is 0 Å². The molecule has 2 unspecified atom stereocenters. The molecule has 150 valence electrons. The van der Waals surface area contributed by atoms with E-state index in [1.807, 2.05) is 17.0 Å². The third kappa shape index (κ3) is 5.22. The predicted octanol–water partition coefficient (Wildman–Crippen LogP) is 1.83. The van der Waals surface area contributed by atoms with Gasteiger partial charge in [0.25, 0.3) is 0 Å². The number of nitrogens with one attached hydrogen (secondary N) is 2. The van der Waals surface area contributed by atoms with Gasteiger partial charge in [0.1, 0.15) is 0 Å². The summed E-state index contributed by atoms with van der Waals surface area (Å²) in [6.45, 7) is 1.66. The summed E-state index contributed by atoms with van der Waals surface area (Å²) in [4.78, 5) is 14.8. The van der Waals surface area contributed by atoms with E-state index in [0.29, 0.717) is 29.8 Å². The Kier molecular flexibility index (Phi) is 6.46. The summed E-state index contributed by atoms with van der Waals surface area (Å²) in [6.07, 6.45) is 6.41. The molecule has 2 aliphatic heterocycles. The van der Waals surface area contributed by atoms with Crippen LogP contribution in [0.3, 0.4) is 0 Å². The second kappa shape index (κ2) is 8.47. The van der Waals surface area contributed by atoms with Gasteiger partial charge in [-0.1, -0.05) is 12.1 Å². The SMILES string of the molecule is Cl.O=C(CCc1ccc(S(=O)(=O)NC2CC2)cc1)N1CCC2CCC(C1)N2. The lowest BCUT2D eigenvalue weighted by Crippen LogP contribution is -2.39. The Bertz CT molecular complexity index is 765. The van der Waals surface area contributed by atoms with Gasteiger partial charge in [-0.25, -0.2) is 13.1 Å². The van der Waals surface area contributed by atoms with Gasteiger partial charge in [0, 0.05) is 37.6 Å². The average molecular weight is 414 g/mol. The first kappa shape index (κ1) is 20.6. The highest BCUT2D eigenvalue weighted by atomic mass is 35.5. The van der Waals surface area contributed by atoms with Crippen molar-refractivity contribution in [1.29, 1.82) is 0 Å². The van der Waals surface area contributed by atoms with Gasteiger partial charge in [0.05, 0.1) is 4.90 Å². The molecular formula is C19H28ClN3O3S. The van der Waals surface area contributed by atoms with Crippen molar-refractivity contribution in [2.24, 2.45) is 0 Å². The molecule has 8 heteroatoms. The van der Waals surface area contributed by atoms with E-state index in [4.69, 9.17) is 0 Å². The van der Waals surface area contributed by atoms with Crippen molar-refractivity contribution in [1.82, 2.24) is 14.9 Å². The molecule has 3 fully saturated rings. The normalized spacial score (nSPS) is 25.0. The lowest BCUT2D eigenvalue weighted by Gasteiger charge is -2.24. The molecular weight excluding hydrogens is 386 g/mol. The number of halogens is 1. The van der Waals surface area contributed by atoms with Crippen LogP contribution in [0.1, 0.15) is 44.1 Å². The summed E-state index contributed by atoms with van der Waals surface area (Å²) in [5.41, 5.74) is 0.998. The van der Waals surface area contributed by atoms with Gasteiger partial charge < -0.3 is 10.2 Å². The minimum Gasteiger partial charge on any atom is -0.341 e. The van der Waals surface area contributed by atoms with Crippen LogP contribution in [0.4, 0.5) is 0 Å². The second-order valence-electron chi connectivity index (χ2n) is 7.81. The van der Waals surface area contributed by atoms with Crippen LogP contribution in [-0.2, 0) is 21.2 Å². The van der Waals surface area contributed by atoms with Gasteiger partial charge in [-0.15, -0.1) is 12.4 Å². The first-order valence-electron chi connectivity index (χ1n) is 9.65. The number of carbonyl (C=O) groups excluding carboxylic acids is 1. The minimum atomic E-state index is -3.40. The van der Waals surface area contributed by atoms with Gasteiger partial charge in [0.2, 0.25) is 15.9 Å². The van der Waals surface area contributed by atoms with E-state index in [-0.39, 0.29) is 24.4 Å². The van der Waals surface area contributed by atoms with E-state index in [1.54, 1.807) is 12.1 Å². The summed E-state index contributed by atoms with van der Waals surface area (Å²) < 4.78 is 27.1. The highest BCUT2D eigenvalue weighted by Crippen LogP contribution is 2.23. The minimum absolute atomic E-state index is 0. The van der Waals surface area contributed by atoms with Crippen molar-refractivity contribution in [3.8, 4) is 0 Å². The van der Waals surface area contributed by atoms with Gasteiger partial charge in [0.15, 0.2) is 0 Å². The van der Waals surface area contributed by atoms with E-state index in [1.165, 1.54) is 12.8 Å². The van der Waals surface area contributed by atoms with E-state index < -0.39 is 10.0 Å². The summed E-state index contributed by atoms with van der Waals surface area (Å²) >= 11 is 0. The van der Waals surface area contributed by atoms with Crippen molar-refractivity contribution in [2.45, 2.75) is 68.0 Å². The maximum Gasteiger partial charge on any atom is 0.240 e. The molecule has 1 saturated carbocycles. The molecule has 1 aliphatic carbocycles. The first-order valence-corrected chi connectivity index (χ1v) is 11.1. The molecule has 1 aromatic carbocycles. The first-order chi connectivity index (χ1) is 12.5. The number of fused-ring (bicyclic) bond motifs is 2. The van der Waals surface area contributed by atoms with Crippen molar-refractivity contribution in [3.63, 3.8) is 0 Å². The Morgan fingerprint density at radius 3 is 2.48 bits per heavy atom. The number of rotatable bonds is 6. The third-order valence-electron chi connectivity index (χ3n) is 5.64. The van der Waals surface area contributed by atoms with Crippen LogP contribution in [0.15, 0.2) is 29.2 Å². The number of carbonyl (C=O) groups is 1. The van der Waals surface area contributed by atoms with Crippen molar-refractivity contribution < 1.29 is 13.2 Å². The maximum atomic E-state index is 12.5. The second-order valence-corrected chi connectivity index (χ2v) is 9.52. The van der Waals surface area contributed by atoms with Crippen LogP contribution < -0.4 is 10.0 Å². The molecule has 2 N–H and O–H groups in total. The Labute approximate surface area is 167 Å². The van der Waals surface area contributed by atoms with E-state index in [2.05, 4.69) is 10.0 Å². The number of hydrogen-bond donors (Lipinski definition) is 2. The number of aryl methyl sites for hydroxylation is 1. The summed E-state index contributed by atoms with van der Waals surface area (Å²) in [7, 11) is -3.40. The fraction of sp³-hybridized carbons (Fsp3) is 0.632. The third-order valence-corrected chi connectivity index (χ3v) is 7.17. The smallest absolute Gasteiger partial charge is 0.240 e. The largest absolute Gasteiger partial charge is 0.341 e. The highest BCUT2D eigenvalue weighted by Gasteiger charge is 2.31. The Morgan fingerprint density at radius 1 is 1.07 bits per heavy atom. The van der Waals surface area contributed by atoms with Crippen LogP contribution in [0, 0.1) is 0 Å². The number of nitrogens with zero attached hydrogens (tertiary/aromatic N) is 1. The molecule has 2 heterocycles. The zero-order valence-corrected chi connectivity index (χ0v) is 17.0. The highest BCUT2D eigenvalue weighted by molar-refractivity contribution is 7.89. The fourth-order valence-electron chi connectivity index (χ4n) is 3.90. The van der Waals surface area contributed by atoms with E-state index >= 15 is 0 Å². The predicted molar refractivity (Wildman–Crippen MR) is 106 cm³/mol. The fourth-order valence-corrected chi connectivity index (χ4v) is 5.21. The molecule has 3 aliphatic rings. The van der Waals surface area contributed by atoms with Gasteiger partial charge in [-0.2, -0.15) is 0 Å². The zero-order valence-electron chi connectivity index (χ0n) is 15.4. The van der Waals surface area contributed by atoms with E-state index in [0.717, 1.165) is 37.9 Å². The number of likely N-dealkylation sites (tertiary alicyclic amines) is 1. The molecule has 0 radical (unpaired) electrons.